The van der Waals surface area contributed by atoms with Gasteiger partial charge in [-0.1, -0.05) is 24.3 Å². The summed E-state index contributed by atoms with van der Waals surface area (Å²) in [6, 6.07) is 8.29. The van der Waals surface area contributed by atoms with Crippen molar-refractivity contribution in [3.05, 3.63) is 52.0 Å². The Bertz CT molecular complexity index is 661. The van der Waals surface area contributed by atoms with Crippen molar-refractivity contribution in [1.82, 2.24) is 15.2 Å². The van der Waals surface area contributed by atoms with Crippen LogP contribution in [0.15, 0.2) is 36.0 Å². The van der Waals surface area contributed by atoms with Gasteiger partial charge in [-0.05, 0) is 11.1 Å². The number of hydrogen-bond donors (Lipinski definition) is 1. The molecule has 0 saturated carbocycles. The summed E-state index contributed by atoms with van der Waals surface area (Å²) in [6.07, 6.45) is 1.58. The Hall–Kier alpha value is -1.57. The van der Waals surface area contributed by atoms with Gasteiger partial charge >= 0.3 is 0 Å². The maximum absolute atomic E-state index is 11.9. The average molecular weight is 349 g/mol. The minimum Gasteiger partial charge on any atom is -0.347 e. The first-order chi connectivity index (χ1) is 11.2. The van der Waals surface area contributed by atoms with E-state index in [2.05, 4.69) is 27.3 Å². The summed E-state index contributed by atoms with van der Waals surface area (Å²) in [5, 5.41) is 2.89. The molecule has 1 saturated heterocycles. The molecule has 0 spiro atoms. The molecule has 1 aromatic heterocycles. The Kier molecular flexibility index (Phi) is 5.53. The molecule has 2 heterocycles. The zero-order valence-corrected chi connectivity index (χ0v) is 14.4. The summed E-state index contributed by atoms with van der Waals surface area (Å²) in [4.78, 5) is 18.7. The lowest BCUT2D eigenvalue weighted by Gasteiger charge is -2.26. The number of carbonyl (C=O) groups excluding carboxylic acids is 1. The standard InChI is InChI=1S/C16H19N3O2S2/c20-16(15-10-17-12-22-15)18-9-13-1-3-14(4-2-13)11-19-5-7-23(21)8-6-19/h1-4,10,12H,5-9,11H2,(H,18,20). The number of rotatable bonds is 5. The van der Waals surface area contributed by atoms with Crippen molar-refractivity contribution in [3.8, 4) is 0 Å². The van der Waals surface area contributed by atoms with E-state index in [1.807, 2.05) is 12.1 Å². The second kappa shape index (κ2) is 7.81. The van der Waals surface area contributed by atoms with Crippen LogP contribution in [-0.4, -0.2) is 44.6 Å². The van der Waals surface area contributed by atoms with E-state index >= 15 is 0 Å². The van der Waals surface area contributed by atoms with E-state index in [-0.39, 0.29) is 5.91 Å². The second-order valence-corrected chi connectivity index (χ2v) is 8.07. The molecule has 1 fully saturated rings. The highest BCUT2D eigenvalue weighted by Gasteiger charge is 2.15. The molecule has 1 aliphatic heterocycles. The van der Waals surface area contributed by atoms with E-state index in [0.717, 1.165) is 36.7 Å². The molecule has 1 N–H and O–H groups in total. The molecule has 0 bridgehead atoms. The Morgan fingerprint density at radius 2 is 1.91 bits per heavy atom. The summed E-state index contributed by atoms with van der Waals surface area (Å²) >= 11 is 1.34. The van der Waals surface area contributed by atoms with Crippen LogP contribution >= 0.6 is 11.3 Å². The number of nitrogens with one attached hydrogen (secondary N) is 1. The Balaban J connectivity index is 1.49. The van der Waals surface area contributed by atoms with Crippen LogP contribution in [0.3, 0.4) is 0 Å². The van der Waals surface area contributed by atoms with Crippen LogP contribution in [0.1, 0.15) is 20.8 Å². The molecule has 1 aliphatic rings. The molecule has 7 heteroatoms. The molecule has 2 aromatic rings. The molecule has 0 radical (unpaired) electrons. The largest absolute Gasteiger partial charge is 0.347 e. The molecule has 122 valence electrons. The van der Waals surface area contributed by atoms with Gasteiger partial charge in [0, 0.05) is 48.5 Å². The first-order valence-corrected chi connectivity index (χ1v) is 9.89. The Morgan fingerprint density at radius 1 is 1.22 bits per heavy atom. The van der Waals surface area contributed by atoms with E-state index in [9.17, 15) is 9.00 Å². The van der Waals surface area contributed by atoms with Crippen LogP contribution in [0.5, 0.6) is 0 Å². The van der Waals surface area contributed by atoms with Crippen molar-refractivity contribution in [3.63, 3.8) is 0 Å². The molecule has 3 rings (SSSR count). The van der Waals surface area contributed by atoms with Gasteiger partial charge in [0.15, 0.2) is 0 Å². The zero-order valence-electron chi connectivity index (χ0n) is 12.7. The fraction of sp³-hybridized carbons (Fsp3) is 0.375. The second-order valence-electron chi connectivity index (χ2n) is 5.49. The van der Waals surface area contributed by atoms with Crippen molar-refractivity contribution in [2.24, 2.45) is 0 Å². The summed E-state index contributed by atoms with van der Waals surface area (Å²) in [5.74, 6) is 1.47. The minimum absolute atomic E-state index is 0.0853. The number of amides is 1. The van der Waals surface area contributed by atoms with Crippen LogP contribution in [0.4, 0.5) is 0 Å². The van der Waals surface area contributed by atoms with Crippen molar-refractivity contribution in [1.29, 1.82) is 0 Å². The van der Waals surface area contributed by atoms with E-state index in [0.29, 0.717) is 11.4 Å². The lowest BCUT2D eigenvalue weighted by atomic mass is 10.1. The van der Waals surface area contributed by atoms with Crippen LogP contribution in [-0.2, 0) is 23.9 Å². The molecule has 1 aromatic carbocycles. The SMILES string of the molecule is O=C(NCc1ccc(CN2CCS(=O)CC2)cc1)c1cncs1. The van der Waals surface area contributed by atoms with Crippen molar-refractivity contribution in [2.75, 3.05) is 24.6 Å². The lowest BCUT2D eigenvalue weighted by Crippen LogP contribution is -2.37. The van der Waals surface area contributed by atoms with Gasteiger partial charge in [-0.3, -0.25) is 18.9 Å². The quantitative estimate of drug-likeness (QED) is 0.891. The summed E-state index contributed by atoms with van der Waals surface area (Å²) in [6.45, 7) is 3.21. The topological polar surface area (TPSA) is 62.3 Å². The first-order valence-electron chi connectivity index (χ1n) is 7.52. The van der Waals surface area contributed by atoms with Gasteiger partial charge in [0.25, 0.3) is 5.91 Å². The van der Waals surface area contributed by atoms with Gasteiger partial charge in [-0.15, -0.1) is 11.3 Å². The monoisotopic (exact) mass is 349 g/mol. The van der Waals surface area contributed by atoms with E-state index in [4.69, 9.17) is 0 Å². The van der Waals surface area contributed by atoms with Crippen LogP contribution in [0.2, 0.25) is 0 Å². The normalized spacial score (nSPS) is 16.3. The van der Waals surface area contributed by atoms with Gasteiger partial charge < -0.3 is 5.32 Å². The maximum atomic E-state index is 11.9. The molecule has 0 aliphatic carbocycles. The first kappa shape index (κ1) is 16.3. The molecule has 23 heavy (non-hydrogen) atoms. The number of benzene rings is 1. The summed E-state index contributed by atoms with van der Waals surface area (Å²) in [5.41, 5.74) is 3.97. The van der Waals surface area contributed by atoms with Gasteiger partial charge in [0.05, 0.1) is 11.7 Å². The molecular formula is C16H19N3O2S2. The third-order valence-electron chi connectivity index (χ3n) is 3.81. The highest BCUT2D eigenvalue weighted by atomic mass is 32.2. The predicted octanol–water partition coefficient (Wildman–Crippen LogP) is 1.64. The number of nitrogens with zero attached hydrogens (tertiary/aromatic N) is 2. The van der Waals surface area contributed by atoms with E-state index in [1.54, 1.807) is 11.7 Å². The fourth-order valence-electron chi connectivity index (χ4n) is 2.45. The maximum Gasteiger partial charge on any atom is 0.263 e. The van der Waals surface area contributed by atoms with Crippen molar-refractivity contribution >= 4 is 28.0 Å². The third-order valence-corrected chi connectivity index (χ3v) is 5.86. The zero-order chi connectivity index (χ0) is 16.1. The molecule has 0 unspecified atom stereocenters. The number of hydrogen-bond acceptors (Lipinski definition) is 5. The van der Waals surface area contributed by atoms with Gasteiger partial charge in [-0.2, -0.15) is 0 Å². The van der Waals surface area contributed by atoms with Crippen LogP contribution < -0.4 is 5.32 Å². The lowest BCUT2D eigenvalue weighted by molar-refractivity contribution is 0.0954. The molecule has 1 amide bonds. The molecule has 0 atom stereocenters. The fourth-order valence-corrected chi connectivity index (χ4v) is 4.12. The average Bonchev–Trinajstić information content (AvgIpc) is 3.11. The summed E-state index contributed by atoms with van der Waals surface area (Å²) < 4.78 is 11.4. The van der Waals surface area contributed by atoms with Crippen molar-refractivity contribution in [2.45, 2.75) is 13.1 Å². The number of aromatic nitrogens is 1. The number of carbonyl (C=O) groups is 1. The molecule has 5 nitrogen and oxygen atoms in total. The smallest absolute Gasteiger partial charge is 0.263 e. The van der Waals surface area contributed by atoms with Crippen molar-refractivity contribution < 1.29 is 9.00 Å². The van der Waals surface area contributed by atoms with Crippen LogP contribution in [0, 0.1) is 0 Å². The summed E-state index contributed by atoms with van der Waals surface area (Å²) in [7, 11) is -0.628. The number of thiazole rings is 1. The highest BCUT2D eigenvalue weighted by Crippen LogP contribution is 2.11. The van der Waals surface area contributed by atoms with Gasteiger partial charge in [0.1, 0.15) is 4.88 Å². The van der Waals surface area contributed by atoms with E-state index in [1.165, 1.54) is 16.9 Å². The highest BCUT2D eigenvalue weighted by molar-refractivity contribution is 7.85. The Morgan fingerprint density at radius 3 is 2.57 bits per heavy atom. The predicted molar refractivity (Wildman–Crippen MR) is 92.9 cm³/mol. The van der Waals surface area contributed by atoms with Gasteiger partial charge in [-0.25, -0.2) is 0 Å². The third kappa shape index (κ3) is 4.70. The molecular weight excluding hydrogens is 330 g/mol. The van der Waals surface area contributed by atoms with Crippen LogP contribution in [0.25, 0.3) is 0 Å². The van der Waals surface area contributed by atoms with E-state index < -0.39 is 10.8 Å². The van der Waals surface area contributed by atoms with Gasteiger partial charge in [0.2, 0.25) is 0 Å². The minimum atomic E-state index is -0.628. The Labute approximate surface area is 142 Å².